The summed E-state index contributed by atoms with van der Waals surface area (Å²) < 4.78 is 18.4. The molecule has 0 saturated carbocycles. The monoisotopic (exact) mass is 490 g/mol. The van der Waals surface area contributed by atoms with Gasteiger partial charge in [0.15, 0.2) is 0 Å². The smallest absolute Gasteiger partial charge is 0.259 e. The van der Waals surface area contributed by atoms with Crippen LogP contribution in [0.1, 0.15) is 43.9 Å². The number of rotatable bonds is 14. The Bertz CT molecular complexity index is 949. The number of hydrogen-bond acceptors (Lipinski definition) is 6. The number of amides is 2. The summed E-state index contributed by atoms with van der Waals surface area (Å²) in [5, 5.41) is 13.1. The molecule has 0 aliphatic rings. The highest BCUT2D eigenvalue weighted by Gasteiger charge is 2.25. The van der Waals surface area contributed by atoms with E-state index in [1.54, 1.807) is 48.0 Å². The molecule has 9 heteroatoms. The standard InChI is InChI=1S/C24H30N2O5S2/c1-2-3-17-31-19-12-14-21(15-13-19)33(30)22(24(28)26-29)10-4-5-16-25-23(27)11-6-8-20-9-7-18-32-20/h7,9,12-15,18,22,29H,4-6,8,10-11,16-17H2,1H3,(H,25,27)(H,26,28). The predicted octanol–water partition coefficient (Wildman–Crippen LogP) is 3.44. The lowest BCUT2D eigenvalue weighted by atomic mass is 10.1. The number of carbonyl (C=O) groups is 2. The molecule has 2 rings (SSSR count). The van der Waals surface area contributed by atoms with Crippen molar-refractivity contribution in [3.63, 3.8) is 0 Å². The van der Waals surface area contributed by atoms with Gasteiger partial charge in [0, 0.05) is 22.7 Å². The van der Waals surface area contributed by atoms with Gasteiger partial charge in [-0.2, -0.15) is 0 Å². The van der Waals surface area contributed by atoms with E-state index >= 15 is 0 Å². The van der Waals surface area contributed by atoms with Gasteiger partial charge in [-0.3, -0.25) is 19.0 Å². The maximum absolute atomic E-state index is 12.9. The van der Waals surface area contributed by atoms with Gasteiger partial charge in [0.05, 0.1) is 10.8 Å². The molecule has 33 heavy (non-hydrogen) atoms. The highest BCUT2D eigenvalue weighted by atomic mass is 32.2. The van der Waals surface area contributed by atoms with Gasteiger partial charge in [0.1, 0.15) is 17.6 Å². The molecule has 3 N–H and O–H groups in total. The zero-order valence-corrected chi connectivity index (χ0v) is 20.3. The molecule has 2 aromatic rings. The van der Waals surface area contributed by atoms with E-state index in [0.29, 0.717) is 42.9 Å². The Morgan fingerprint density at radius 3 is 2.64 bits per heavy atom. The lowest BCUT2D eigenvalue weighted by molar-refractivity contribution is -0.128. The molecule has 2 amide bonds. The molecule has 2 atom stereocenters. The van der Waals surface area contributed by atoms with E-state index in [9.17, 15) is 13.8 Å². The van der Waals surface area contributed by atoms with E-state index in [1.165, 1.54) is 4.88 Å². The molecule has 0 saturated heterocycles. The van der Waals surface area contributed by atoms with Crippen molar-refractivity contribution in [2.24, 2.45) is 0 Å². The second-order valence-corrected chi connectivity index (χ2v) is 9.90. The summed E-state index contributed by atoms with van der Waals surface area (Å²) in [6.07, 6.45) is 3.72. The van der Waals surface area contributed by atoms with Gasteiger partial charge in [-0.15, -0.1) is 17.3 Å². The topological polar surface area (TPSA) is 105 Å². The molecule has 1 aromatic carbocycles. The van der Waals surface area contributed by atoms with Crippen molar-refractivity contribution in [2.45, 2.75) is 55.6 Å². The SMILES string of the molecule is CC#CCOc1ccc(S(=O)C(CCCCNC(=O)CCCc2cccs2)C(=O)NO)cc1. The largest absolute Gasteiger partial charge is 0.481 e. The van der Waals surface area contributed by atoms with Crippen LogP contribution in [-0.4, -0.2) is 39.6 Å². The molecule has 0 bridgehead atoms. The molecule has 0 aliphatic carbocycles. The minimum atomic E-state index is -1.64. The first-order valence-electron chi connectivity index (χ1n) is 10.8. The first-order valence-corrected chi connectivity index (χ1v) is 12.9. The van der Waals surface area contributed by atoms with E-state index in [1.807, 2.05) is 11.4 Å². The molecule has 178 valence electrons. The molecule has 0 aliphatic heterocycles. The van der Waals surface area contributed by atoms with E-state index in [0.717, 1.165) is 12.8 Å². The van der Waals surface area contributed by atoms with Crippen LogP contribution in [0.5, 0.6) is 5.75 Å². The molecule has 1 aromatic heterocycles. The number of nitrogens with one attached hydrogen (secondary N) is 2. The third-order valence-electron chi connectivity index (χ3n) is 4.83. The lowest BCUT2D eigenvalue weighted by Gasteiger charge is -2.15. The van der Waals surface area contributed by atoms with Crippen LogP contribution in [0.15, 0.2) is 46.7 Å². The Morgan fingerprint density at radius 2 is 1.97 bits per heavy atom. The van der Waals surface area contributed by atoms with Crippen LogP contribution in [-0.2, 0) is 26.8 Å². The normalized spacial score (nSPS) is 12.2. The lowest BCUT2D eigenvalue weighted by Crippen LogP contribution is -2.35. The molecule has 0 radical (unpaired) electrons. The van der Waals surface area contributed by atoms with Crippen molar-refractivity contribution >= 4 is 34.0 Å². The molecule has 0 spiro atoms. The third-order valence-corrected chi connectivity index (χ3v) is 7.47. The highest BCUT2D eigenvalue weighted by molar-refractivity contribution is 7.86. The Labute approximate surface area is 201 Å². The minimum absolute atomic E-state index is 0.00649. The minimum Gasteiger partial charge on any atom is -0.481 e. The van der Waals surface area contributed by atoms with Crippen LogP contribution in [0.25, 0.3) is 0 Å². The summed E-state index contributed by atoms with van der Waals surface area (Å²) >= 11 is 1.69. The van der Waals surface area contributed by atoms with Crippen LogP contribution in [0.2, 0.25) is 0 Å². The third kappa shape index (κ3) is 9.78. The number of benzene rings is 1. The maximum Gasteiger partial charge on any atom is 0.259 e. The number of ether oxygens (including phenoxy) is 1. The molecular formula is C24H30N2O5S2. The van der Waals surface area contributed by atoms with Gasteiger partial charge in [-0.1, -0.05) is 12.0 Å². The van der Waals surface area contributed by atoms with Crippen molar-refractivity contribution in [3.8, 4) is 17.6 Å². The van der Waals surface area contributed by atoms with Gasteiger partial charge >= 0.3 is 0 Å². The van der Waals surface area contributed by atoms with E-state index < -0.39 is 22.0 Å². The maximum atomic E-state index is 12.9. The van der Waals surface area contributed by atoms with Gasteiger partial charge in [-0.05, 0) is 74.7 Å². The zero-order chi connectivity index (χ0) is 23.9. The first kappa shape index (κ1) is 26.6. The summed E-state index contributed by atoms with van der Waals surface area (Å²) in [5.74, 6) is 5.43. The fourth-order valence-electron chi connectivity index (χ4n) is 3.08. The van der Waals surface area contributed by atoms with Crippen LogP contribution >= 0.6 is 11.3 Å². The molecule has 1 heterocycles. The number of hydrogen-bond donors (Lipinski definition) is 3. The van der Waals surface area contributed by atoms with E-state index in [2.05, 4.69) is 23.2 Å². The van der Waals surface area contributed by atoms with Crippen molar-refractivity contribution in [3.05, 3.63) is 46.7 Å². The predicted molar refractivity (Wildman–Crippen MR) is 130 cm³/mol. The average Bonchev–Trinajstić information content (AvgIpc) is 3.35. The summed E-state index contributed by atoms with van der Waals surface area (Å²) in [7, 11) is -1.64. The fraction of sp³-hybridized carbons (Fsp3) is 0.417. The van der Waals surface area contributed by atoms with Gasteiger partial charge in [0.2, 0.25) is 5.91 Å². The zero-order valence-electron chi connectivity index (χ0n) is 18.7. The van der Waals surface area contributed by atoms with Gasteiger partial charge in [0.25, 0.3) is 5.91 Å². The summed E-state index contributed by atoms with van der Waals surface area (Å²) in [6, 6.07) is 10.7. The average molecular weight is 491 g/mol. The van der Waals surface area contributed by atoms with Gasteiger partial charge in [-0.25, -0.2) is 5.48 Å². The summed E-state index contributed by atoms with van der Waals surface area (Å²) in [5.41, 5.74) is 1.61. The Kier molecular flexibility index (Phi) is 12.3. The van der Waals surface area contributed by atoms with Crippen molar-refractivity contribution in [1.29, 1.82) is 0 Å². The van der Waals surface area contributed by atoms with Crippen LogP contribution in [0, 0.1) is 11.8 Å². The van der Waals surface area contributed by atoms with E-state index in [4.69, 9.17) is 9.94 Å². The fourth-order valence-corrected chi connectivity index (χ4v) is 5.19. The van der Waals surface area contributed by atoms with Crippen molar-refractivity contribution in [2.75, 3.05) is 13.2 Å². The quantitative estimate of drug-likeness (QED) is 0.163. The number of carbonyl (C=O) groups excluding carboxylic acids is 2. The van der Waals surface area contributed by atoms with Crippen LogP contribution < -0.4 is 15.5 Å². The van der Waals surface area contributed by atoms with Crippen LogP contribution in [0.4, 0.5) is 0 Å². The second-order valence-electron chi connectivity index (χ2n) is 7.23. The first-order chi connectivity index (χ1) is 16.0. The Balaban J connectivity index is 1.74. The summed E-state index contributed by atoms with van der Waals surface area (Å²) in [4.78, 5) is 25.8. The second kappa shape index (κ2) is 15.2. The van der Waals surface area contributed by atoms with Gasteiger partial charge < -0.3 is 10.1 Å². The van der Waals surface area contributed by atoms with E-state index in [-0.39, 0.29) is 12.5 Å². The molecule has 0 fully saturated rings. The highest BCUT2D eigenvalue weighted by Crippen LogP contribution is 2.20. The molecule has 2 unspecified atom stereocenters. The van der Waals surface area contributed by atoms with Crippen molar-refractivity contribution < 1.29 is 23.7 Å². The molecular weight excluding hydrogens is 460 g/mol. The molecule has 7 nitrogen and oxygen atoms in total. The number of unbranched alkanes of at least 4 members (excludes halogenated alkanes) is 1. The summed E-state index contributed by atoms with van der Waals surface area (Å²) in [6.45, 7) is 2.48. The van der Waals surface area contributed by atoms with Crippen molar-refractivity contribution in [1.82, 2.24) is 10.8 Å². The van der Waals surface area contributed by atoms with Crippen LogP contribution in [0.3, 0.4) is 0 Å². The Morgan fingerprint density at radius 1 is 1.18 bits per heavy atom. The number of hydroxylamine groups is 1. The number of thiophene rings is 1. The number of aryl methyl sites for hydroxylation is 1. The Hall–Kier alpha value is -2.67.